The minimum atomic E-state index is -3.43. The van der Waals surface area contributed by atoms with Crippen molar-refractivity contribution in [3.8, 4) is 5.75 Å². The van der Waals surface area contributed by atoms with Gasteiger partial charge in [-0.2, -0.15) is 0 Å². The van der Waals surface area contributed by atoms with Gasteiger partial charge in [-0.05, 0) is 24.1 Å². The first-order valence-electron chi connectivity index (χ1n) is 4.21. The summed E-state index contributed by atoms with van der Waals surface area (Å²) in [7, 11) is 1.80. The van der Waals surface area contributed by atoms with Crippen LogP contribution >= 0.6 is 10.7 Å². The summed E-state index contributed by atoms with van der Waals surface area (Å²) < 4.78 is 21.9. The van der Waals surface area contributed by atoms with Crippen LogP contribution in [0.3, 0.4) is 0 Å². The Bertz CT molecular complexity index is 438. The number of hydrogen-bond acceptors (Lipinski definition) is 3. The molecule has 0 aliphatic heterocycles. The third-order valence-corrected chi connectivity index (χ3v) is 4.35. The van der Waals surface area contributed by atoms with Gasteiger partial charge in [-0.3, -0.25) is 0 Å². The number of phenolic OH excluding ortho intramolecular Hbond substituents is 1. The first-order valence-corrected chi connectivity index (χ1v) is 6.58. The Labute approximate surface area is 86.7 Å². The Morgan fingerprint density at radius 2 is 1.86 bits per heavy atom. The van der Waals surface area contributed by atoms with Crippen LogP contribution in [0.5, 0.6) is 5.75 Å². The van der Waals surface area contributed by atoms with Crippen LogP contribution in [0.4, 0.5) is 0 Å². The number of hydrogen-bond donors (Lipinski definition) is 1. The molecule has 1 aromatic rings. The topological polar surface area (TPSA) is 54.4 Å². The van der Waals surface area contributed by atoms with Crippen molar-refractivity contribution in [2.45, 2.75) is 17.6 Å². The lowest BCUT2D eigenvalue weighted by Gasteiger charge is -1.98. The Hall–Kier alpha value is -0.740. The standard InChI is InChI=1S/C9H9ClO3S/c10-14(12,13)9-5-8(9)6-1-3-7(11)4-2-6/h1-4,8-9,11H,5H2. The van der Waals surface area contributed by atoms with Gasteiger partial charge in [0.15, 0.2) is 0 Å². The number of phenols is 1. The van der Waals surface area contributed by atoms with Gasteiger partial charge >= 0.3 is 0 Å². The lowest BCUT2D eigenvalue weighted by molar-refractivity contribution is 0.475. The normalized spacial score (nSPS) is 26.1. The third-order valence-electron chi connectivity index (χ3n) is 2.41. The zero-order chi connectivity index (χ0) is 10.3. The predicted octanol–water partition coefficient (Wildman–Crippen LogP) is 1.82. The molecule has 0 radical (unpaired) electrons. The van der Waals surface area contributed by atoms with E-state index >= 15 is 0 Å². The van der Waals surface area contributed by atoms with E-state index < -0.39 is 14.3 Å². The SMILES string of the molecule is O=S(=O)(Cl)C1CC1c1ccc(O)cc1. The minimum Gasteiger partial charge on any atom is -0.508 e. The summed E-state index contributed by atoms with van der Waals surface area (Å²) in [6.45, 7) is 0. The van der Waals surface area contributed by atoms with Crippen molar-refractivity contribution < 1.29 is 13.5 Å². The predicted molar refractivity (Wildman–Crippen MR) is 54.0 cm³/mol. The summed E-state index contributed by atoms with van der Waals surface area (Å²) in [4.78, 5) is 0. The molecular weight excluding hydrogens is 224 g/mol. The molecule has 1 aromatic carbocycles. The Morgan fingerprint density at radius 3 is 2.29 bits per heavy atom. The van der Waals surface area contributed by atoms with Crippen molar-refractivity contribution in [3.63, 3.8) is 0 Å². The molecular formula is C9H9ClO3S. The van der Waals surface area contributed by atoms with Gasteiger partial charge in [0.05, 0.1) is 5.25 Å². The van der Waals surface area contributed by atoms with E-state index in [2.05, 4.69) is 0 Å². The third kappa shape index (κ3) is 1.86. The second-order valence-electron chi connectivity index (χ2n) is 3.45. The van der Waals surface area contributed by atoms with Gasteiger partial charge in [-0.25, -0.2) is 8.42 Å². The highest BCUT2D eigenvalue weighted by Crippen LogP contribution is 2.47. The van der Waals surface area contributed by atoms with E-state index in [0.29, 0.717) is 6.42 Å². The molecule has 1 fully saturated rings. The fourth-order valence-corrected chi connectivity index (χ4v) is 3.13. The van der Waals surface area contributed by atoms with Crippen molar-refractivity contribution in [1.29, 1.82) is 0 Å². The lowest BCUT2D eigenvalue weighted by Crippen LogP contribution is -1.99. The Balaban J connectivity index is 2.18. The van der Waals surface area contributed by atoms with E-state index in [1.165, 1.54) is 0 Å². The molecule has 3 nitrogen and oxygen atoms in total. The highest BCUT2D eigenvalue weighted by molar-refractivity contribution is 8.14. The summed E-state index contributed by atoms with van der Waals surface area (Å²) >= 11 is 0. The maximum absolute atomic E-state index is 11.0. The Morgan fingerprint density at radius 1 is 1.29 bits per heavy atom. The molecule has 1 aliphatic carbocycles. The highest BCUT2D eigenvalue weighted by atomic mass is 35.7. The molecule has 0 spiro atoms. The van der Waals surface area contributed by atoms with Crippen LogP contribution in [0, 0.1) is 0 Å². The van der Waals surface area contributed by atoms with Crippen LogP contribution in [-0.2, 0) is 9.05 Å². The van der Waals surface area contributed by atoms with Gasteiger partial charge in [0.2, 0.25) is 9.05 Å². The van der Waals surface area contributed by atoms with Gasteiger partial charge in [0.1, 0.15) is 5.75 Å². The molecule has 0 bridgehead atoms. The van der Waals surface area contributed by atoms with Crippen molar-refractivity contribution in [3.05, 3.63) is 29.8 Å². The van der Waals surface area contributed by atoms with Crippen LogP contribution in [0.1, 0.15) is 17.9 Å². The average molecular weight is 233 g/mol. The largest absolute Gasteiger partial charge is 0.508 e. The van der Waals surface area contributed by atoms with Crippen LogP contribution < -0.4 is 0 Å². The van der Waals surface area contributed by atoms with Gasteiger partial charge in [0, 0.05) is 16.6 Å². The maximum atomic E-state index is 11.0. The number of benzene rings is 1. The second-order valence-corrected chi connectivity index (χ2v) is 6.29. The smallest absolute Gasteiger partial charge is 0.236 e. The van der Waals surface area contributed by atoms with Gasteiger partial charge in [-0.1, -0.05) is 12.1 Å². The molecule has 2 unspecified atom stereocenters. The van der Waals surface area contributed by atoms with E-state index in [9.17, 15) is 8.42 Å². The highest BCUT2D eigenvalue weighted by Gasteiger charge is 2.47. The van der Waals surface area contributed by atoms with Gasteiger partial charge in [0.25, 0.3) is 0 Å². The number of halogens is 1. The fraction of sp³-hybridized carbons (Fsp3) is 0.333. The zero-order valence-corrected chi connectivity index (χ0v) is 8.79. The number of aromatic hydroxyl groups is 1. The molecule has 14 heavy (non-hydrogen) atoms. The summed E-state index contributed by atoms with van der Waals surface area (Å²) in [5, 5.41) is 8.59. The van der Waals surface area contributed by atoms with E-state index in [0.717, 1.165) is 5.56 Å². The quantitative estimate of drug-likeness (QED) is 0.792. The van der Waals surface area contributed by atoms with Crippen LogP contribution in [0.2, 0.25) is 0 Å². The molecule has 2 rings (SSSR count). The molecule has 0 amide bonds. The van der Waals surface area contributed by atoms with E-state index in [1.54, 1.807) is 24.3 Å². The summed E-state index contributed by atoms with van der Waals surface area (Å²) in [5.74, 6) is 0.179. The molecule has 2 atom stereocenters. The average Bonchev–Trinajstić information content (AvgIpc) is 2.83. The number of rotatable bonds is 2. The molecule has 0 saturated heterocycles. The fourth-order valence-electron chi connectivity index (χ4n) is 1.56. The van der Waals surface area contributed by atoms with Crippen molar-refractivity contribution in [2.75, 3.05) is 0 Å². The first-order chi connectivity index (χ1) is 6.48. The van der Waals surface area contributed by atoms with Crippen LogP contribution in [-0.4, -0.2) is 18.8 Å². The molecule has 1 aliphatic rings. The van der Waals surface area contributed by atoms with Gasteiger partial charge < -0.3 is 5.11 Å². The maximum Gasteiger partial charge on any atom is 0.236 e. The van der Waals surface area contributed by atoms with Gasteiger partial charge in [-0.15, -0.1) is 0 Å². The first kappa shape index (κ1) is 9.80. The molecule has 1 N–H and O–H groups in total. The molecule has 5 heteroatoms. The lowest BCUT2D eigenvalue weighted by atomic mass is 10.1. The van der Waals surface area contributed by atoms with Crippen molar-refractivity contribution in [1.82, 2.24) is 0 Å². The van der Waals surface area contributed by atoms with E-state index in [-0.39, 0.29) is 11.7 Å². The van der Waals surface area contributed by atoms with E-state index in [4.69, 9.17) is 15.8 Å². The molecule has 0 aromatic heterocycles. The second kappa shape index (κ2) is 3.14. The minimum absolute atomic E-state index is 0.00176. The summed E-state index contributed by atoms with van der Waals surface area (Å²) in [6.07, 6.45) is 0.580. The van der Waals surface area contributed by atoms with Crippen LogP contribution in [0.15, 0.2) is 24.3 Å². The van der Waals surface area contributed by atoms with Crippen LogP contribution in [0.25, 0.3) is 0 Å². The monoisotopic (exact) mass is 232 g/mol. The summed E-state index contributed by atoms with van der Waals surface area (Å²) in [5.41, 5.74) is 0.914. The van der Waals surface area contributed by atoms with Crippen molar-refractivity contribution >= 4 is 19.7 Å². The van der Waals surface area contributed by atoms with Crippen molar-refractivity contribution in [2.24, 2.45) is 0 Å². The summed E-state index contributed by atoms with van der Waals surface area (Å²) in [6, 6.07) is 6.54. The zero-order valence-electron chi connectivity index (χ0n) is 7.22. The molecule has 1 saturated carbocycles. The molecule has 0 heterocycles. The van der Waals surface area contributed by atoms with E-state index in [1.807, 2.05) is 0 Å². The Kier molecular flexibility index (Phi) is 2.20. The molecule has 76 valence electrons.